The van der Waals surface area contributed by atoms with Gasteiger partial charge in [-0.1, -0.05) is 11.2 Å². The first-order valence-corrected chi connectivity index (χ1v) is 11.2. The summed E-state index contributed by atoms with van der Waals surface area (Å²) in [5.74, 6) is -0.562. The summed E-state index contributed by atoms with van der Waals surface area (Å²) in [6.07, 6.45) is 3.27. The molecular weight excluding hydrogens is 454 g/mol. The normalized spacial score (nSPS) is 15.3. The molecule has 0 unspecified atom stereocenters. The van der Waals surface area contributed by atoms with Crippen molar-refractivity contribution in [3.8, 4) is 5.75 Å². The molecule has 1 aromatic carbocycles. The van der Waals surface area contributed by atoms with E-state index in [2.05, 4.69) is 30.7 Å². The predicted molar refractivity (Wildman–Crippen MR) is 126 cm³/mol. The number of benzene rings is 1. The molecule has 2 amide bonds. The smallest absolute Gasteiger partial charge is 0.326 e. The fourth-order valence-electron chi connectivity index (χ4n) is 4.02. The molecule has 182 valence electrons. The van der Waals surface area contributed by atoms with E-state index in [0.29, 0.717) is 30.2 Å². The number of amides is 2. The number of carbonyl (C=O) groups excluding carboxylic acids is 2. The molecule has 4 heterocycles. The summed E-state index contributed by atoms with van der Waals surface area (Å²) in [5, 5.41) is 13.9. The van der Waals surface area contributed by atoms with Crippen LogP contribution < -0.4 is 25.2 Å². The van der Waals surface area contributed by atoms with Gasteiger partial charge >= 0.3 is 17.8 Å². The van der Waals surface area contributed by atoms with Crippen molar-refractivity contribution in [2.75, 3.05) is 61.6 Å². The first-order chi connectivity index (χ1) is 17.1. The summed E-state index contributed by atoms with van der Waals surface area (Å²) in [6.45, 7) is 4.42. The fraction of sp³-hybridized carbons (Fsp3) is 0.348. The Morgan fingerprint density at radius 2 is 2.06 bits per heavy atom. The Labute approximate surface area is 201 Å². The van der Waals surface area contributed by atoms with Crippen molar-refractivity contribution in [2.24, 2.45) is 0 Å². The van der Waals surface area contributed by atoms with Gasteiger partial charge in [-0.15, -0.1) is 5.10 Å². The average molecular weight is 479 g/mol. The second kappa shape index (κ2) is 10.1. The van der Waals surface area contributed by atoms with Gasteiger partial charge in [0.15, 0.2) is 0 Å². The molecule has 2 aliphatic heterocycles. The van der Waals surface area contributed by atoms with Gasteiger partial charge in [-0.25, -0.2) is 0 Å². The fourth-order valence-corrected chi connectivity index (χ4v) is 4.02. The molecule has 3 aromatic rings. The number of nitrogens with zero attached hydrogens (tertiary/aromatic N) is 5. The molecule has 0 saturated carbocycles. The van der Waals surface area contributed by atoms with Crippen LogP contribution in [0.25, 0.3) is 0 Å². The minimum atomic E-state index is -0.578. The number of hydrogen-bond acceptors (Lipinski definition) is 10. The lowest BCUT2D eigenvalue weighted by molar-refractivity contribution is 0.0971. The van der Waals surface area contributed by atoms with Crippen molar-refractivity contribution >= 4 is 29.2 Å². The zero-order valence-corrected chi connectivity index (χ0v) is 19.2. The van der Waals surface area contributed by atoms with Gasteiger partial charge in [0.1, 0.15) is 12.4 Å². The van der Waals surface area contributed by atoms with Crippen LogP contribution in [0, 0.1) is 0 Å². The summed E-state index contributed by atoms with van der Waals surface area (Å²) in [4.78, 5) is 33.4. The maximum absolute atomic E-state index is 13.0. The lowest BCUT2D eigenvalue weighted by Crippen LogP contribution is -2.43. The molecule has 1 saturated heterocycles. The Balaban J connectivity index is 1.28. The van der Waals surface area contributed by atoms with Crippen molar-refractivity contribution < 1.29 is 23.5 Å². The molecule has 0 atom stereocenters. The van der Waals surface area contributed by atoms with E-state index in [1.807, 2.05) is 12.1 Å². The number of hydrogen-bond donors (Lipinski definition) is 2. The number of ether oxygens (including phenoxy) is 2. The first kappa shape index (κ1) is 22.7. The lowest BCUT2D eigenvalue weighted by atomic mass is 10.1. The number of carbonyl (C=O) groups is 2. The van der Waals surface area contributed by atoms with E-state index < -0.39 is 5.91 Å². The van der Waals surface area contributed by atoms with Crippen LogP contribution in [-0.2, 0) is 11.3 Å². The minimum Gasteiger partial charge on any atom is -0.491 e. The van der Waals surface area contributed by atoms with Crippen LogP contribution >= 0.6 is 0 Å². The van der Waals surface area contributed by atoms with Crippen LogP contribution in [0.3, 0.4) is 0 Å². The van der Waals surface area contributed by atoms with Crippen LogP contribution in [0.4, 0.5) is 17.4 Å². The molecule has 2 N–H and O–H groups in total. The van der Waals surface area contributed by atoms with Gasteiger partial charge in [0.25, 0.3) is 5.91 Å². The maximum atomic E-state index is 13.0. The molecular formula is C23H25N7O5. The van der Waals surface area contributed by atoms with Crippen molar-refractivity contribution in [1.29, 1.82) is 0 Å². The second-order valence-electron chi connectivity index (χ2n) is 8.03. The zero-order chi connectivity index (χ0) is 24.2. The average Bonchev–Trinajstić information content (AvgIpc) is 3.50. The first-order valence-electron chi connectivity index (χ1n) is 11.2. The monoisotopic (exact) mass is 479 g/mol. The standard InChI is InChI=1S/C23H25N7O5/c1-33-10-11-34-16-3-2-15-14-30(22(32)17(15)12-16)23-28-27-21(35-23)20(31)26-18-13-25-5-4-19(18)29-8-6-24-7-9-29/h2-5,12-13,24H,6-11,14H2,1H3,(H,26,31). The van der Waals surface area contributed by atoms with Crippen LogP contribution in [0.5, 0.6) is 5.75 Å². The van der Waals surface area contributed by atoms with Crippen LogP contribution in [-0.4, -0.2) is 73.5 Å². The molecule has 0 spiro atoms. The highest BCUT2D eigenvalue weighted by atomic mass is 16.5. The van der Waals surface area contributed by atoms with Gasteiger partial charge in [0, 0.05) is 45.0 Å². The molecule has 12 heteroatoms. The number of fused-ring (bicyclic) bond motifs is 1. The Morgan fingerprint density at radius 3 is 2.89 bits per heavy atom. The van der Waals surface area contributed by atoms with Crippen LogP contribution in [0.15, 0.2) is 41.1 Å². The quantitative estimate of drug-likeness (QED) is 0.455. The van der Waals surface area contributed by atoms with Crippen LogP contribution in [0.1, 0.15) is 26.6 Å². The topological polar surface area (TPSA) is 135 Å². The lowest BCUT2D eigenvalue weighted by Gasteiger charge is -2.30. The Morgan fingerprint density at radius 1 is 1.20 bits per heavy atom. The number of methoxy groups -OCH3 is 1. The number of nitrogens with one attached hydrogen (secondary N) is 2. The van der Waals surface area contributed by atoms with Gasteiger partial charge in [-0.05, 0) is 23.8 Å². The molecule has 2 aliphatic rings. The highest BCUT2D eigenvalue weighted by Crippen LogP contribution is 2.31. The minimum absolute atomic E-state index is 0.0493. The van der Waals surface area contributed by atoms with Gasteiger partial charge in [-0.3, -0.25) is 19.5 Å². The molecule has 0 aliphatic carbocycles. The second-order valence-corrected chi connectivity index (χ2v) is 8.03. The number of aromatic nitrogens is 3. The molecule has 0 radical (unpaired) electrons. The van der Waals surface area contributed by atoms with Crippen LogP contribution in [0.2, 0.25) is 0 Å². The molecule has 35 heavy (non-hydrogen) atoms. The number of rotatable bonds is 8. The summed E-state index contributed by atoms with van der Waals surface area (Å²) in [6, 6.07) is 7.10. The summed E-state index contributed by atoms with van der Waals surface area (Å²) in [5.41, 5.74) is 2.70. The van der Waals surface area contributed by atoms with Gasteiger partial charge in [0.2, 0.25) is 0 Å². The summed E-state index contributed by atoms with van der Waals surface area (Å²) < 4.78 is 16.2. The number of anilines is 3. The molecule has 1 fully saturated rings. The van der Waals surface area contributed by atoms with E-state index in [-0.39, 0.29) is 24.4 Å². The van der Waals surface area contributed by atoms with E-state index in [9.17, 15) is 9.59 Å². The largest absolute Gasteiger partial charge is 0.491 e. The van der Waals surface area contributed by atoms with E-state index in [1.165, 1.54) is 4.90 Å². The molecule has 12 nitrogen and oxygen atoms in total. The van der Waals surface area contributed by atoms with E-state index in [1.54, 1.807) is 31.6 Å². The third-order valence-corrected chi connectivity index (χ3v) is 5.78. The van der Waals surface area contributed by atoms with Gasteiger partial charge < -0.3 is 29.4 Å². The SMILES string of the molecule is COCCOc1ccc2c(c1)C(=O)N(c1nnc(C(=O)Nc3cnccc3N3CCNCC3)o1)C2. The summed E-state index contributed by atoms with van der Waals surface area (Å²) >= 11 is 0. The molecule has 0 bridgehead atoms. The Bertz CT molecular complexity index is 1220. The zero-order valence-electron chi connectivity index (χ0n) is 19.2. The van der Waals surface area contributed by atoms with Crippen molar-refractivity contribution in [2.45, 2.75) is 6.54 Å². The molecule has 2 aromatic heterocycles. The maximum Gasteiger partial charge on any atom is 0.326 e. The highest BCUT2D eigenvalue weighted by Gasteiger charge is 2.33. The van der Waals surface area contributed by atoms with Crippen molar-refractivity contribution in [3.63, 3.8) is 0 Å². The van der Waals surface area contributed by atoms with E-state index in [0.717, 1.165) is 37.4 Å². The third-order valence-electron chi connectivity index (χ3n) is 5.78. The predicted octanol–water partition coefficient (Wildman–Crippen LogP) is 1.31. The molecule has 5 rings (SSSR count). The van der Waals surface area contributed by atoms with Gasteiger partial charge in [-0.2, -0.15) is 0 Å². The van der Waals surface area contributed by atoms with Crippen molar-refractivity contribution in [1.82, 2.24) is 20.5 Å². The highest BCUT2D eigenvalue weighted by molar-refractivity contribution is 6.09. The van der Waals surface area contributed by atoms with Gasteiger partial charge in [0.05, 0.1) is 30.7 Å². The Kier molecular flexibility index (Phi) is 6.55. The number of pyridine rings is 1. The van der Waals surface area contributed by atoms with Crippen molar-refractivity contribution in [3.05, 3.63) is 53.7 Å². The summed E-state index contributed by atoms with van der Waals surface area (Å²) in [7, 11) is 1.59. The number of piperazine rings is 1. The third kappa shape index (κ3) is 4.79. The van der Waals surface area contributed by atoms with E-state index >= 15 is 0 Å². The van der Waals surface area contributed by atoms with E-state index in [4.69, 9.17) is 13.9 Å². The Hall–Kier alpha value is -4.03.